The molecule has 6 heteroatoms. The molecule has 0 saturated heterocycles. The molecule has 25 heavy (non-hydrogen) atoms. The Bertz CT molecular complexity index is 806. The molecule has 0 heterocycles. The van der Waals surface area contributed by atoms with Crippen molar-refractivity contribution < 1.29 is 9.59 Å². The number of halogens is 2. The van der Waals surface area contributed by atoms with Gasteiger partial charge in [-0.25, -0.2) is 0 Å². The fourth-order valence-corrected chi connectivity index (χ4v) is 2.75. The van der Waals surface area contributed by atoms with Crippen molar-refractivity contribution in [2.75, 3.05) is 11.9 Å². The van der Waals surface area contributed by atoms with Crippen LogP contribution in [-0.2, 0) is 4.79 Å². The molecule has 2 N–H and O–H groups in total. The molecule has 0 bridgehead atoms. The number of carbonyl (C=O) groups is 2. The summed E-state index contributed by atoms with van der Waals surface area (Å²) >= 11 is 9.57. The summed E-state index contributed by atoms with van der Waals surface area (Å²) in [7, 11) is 0. The Balaban J connectivity index is 2.03. The Kier molecular flexibility index (Phi) is 7.22. The van der Waals surface area contributed by atoms with Gasteiger partial charge in [0.15, 0.2) is 0 Å². The Hall–Kier alpha value is -2.11. The molecule has 130 valence electrons. The molecule has 0 spiro atoms. The molecule has 0 aliphatic heterocycles. The summed E-state index contributed by atoms with van der Waals surface area (Å²) in [5, 5.41) is 5.78. The van der Waals surface area contributed by atoms with Gasteiger partial charge in [0.25, 0.3) is 5.91 Å². The summed E-state index contributed by atoms with van der Waals surface area (Å²) in [6.45, 7) is 2.56. The maximum absolute atomic E-state index is 12.0. The zero-order valence-corrected chi connectivity index (χ0v) is 16.0. The summed E-state index contributed by atoms with van der Waals surface area (Å²) in [6, 6.07) is 12.4. The van der Waals surface area contributed by atoms with E-state index in [1.165, 1.54) is 6.08 Å². The summed E-state index contributed by atoms with van der Waals surface area (Å²) in [5.74, 6) is -0.506. The number of anilines is 1. The first-order valence-electron chi connectivity index (χ1n) is 7.82. The topological polar surface area (TPSA) is 58.2 Å². The minimum Gasteiger partial charge on any atom is -0.352 e. The normalized spacial score (nSPS) is 10.7. The van der Waals surface area contributed by atoms with Crippen LogP contribution in [0.4, 0.5) is 5.69 Å². The third kappa shape index (κ3) is 5.73. The predicted molar refractivity (Wildman–Crippen MR) is 106 cm³/mol. The van der Waals surface area contributed by atoms with Crippen LogP contribution in [0.15, 0.2) is 53.0 Å². The van der Waals surface area contributed by atoms with Crippen LogP contribution in [0, 0.1) is 0 Å². The summed E-state index contributed by atoms with van der Waals surface area (Å²) < 4.78 is 0.907. The molecule has 2 aromatic rings. The van der Waals surface area contributed by atoms with Crippen LogP contribution in [-0.4, -0.2) is 18.4 Å². The smallest absolute Gasteiger partial charge is 0.252 e. The highest BCUT2D eigenvalue weighted by Gasteiger charge is 2.10. The number of hydrogen-bond acceptors (Lipinski definition) is 2. The predicted octanol–water partition coefficient (Wildman–Crippen LogP) is 4.89. The first-order valence-corrected chi connectivity index (χ1v) is 8.99. The molecule has 0 saturated carbocycles. The van der Waals surface area contributed by atoms with Crippen molar-refractivity contribution in [2.24, 2.45) is 0 Å². The Morgan fingerprint density at radius 2 is 1.96 bits per heavy atom. The second kappa shape index (κ2) is 9.39. The SMILES string of the molecule is CCCNC(=O)c1ccc(NC(=O)/C=C/c2ccccc2Br)cc1Cl. The third-order valence-corrected chi connectivity index (χ3v) is 4.37. The lowest BCUT2D eigenvalue weighted by Gasteiger charge is -2.08. The first-order chi connectivity index (χ1) is 12.0. The van der Waals surface area contributed by atoms with Gasteiger partial charge in [-0.1, -0.05) is 52.7 Å². The fourth-order valence-electron chi connectivity index (χ4n) is 2.07. The van der Waals surface area contributed by atoms with E-state index in [0.717, 1.165) is 16.5 Å². The summed E-state index contributed by atoms with van der Waals surface area (Å²) in [6.07, 6.45) is 4.00. The molecule has 0 fully saturated rings. The number of benzene rings is 2. The molecule has 0 radical (unpaired) electrons. The zero-order chi connectivity index (χ0) is 18.2. The summed E-state index contributed by atoms with van der Waals surface area (Å²) in [4.78, 5) is 24.0. The molecule has 2 rings (SSSR count). The van der Waals surface area contributed by atoms with Crippen LogP contribution < -0.4 is 10.6 Å². The molecule has 2 aromatic carbocycles. The Labute approximate surface area is 160 Å². The monoisotopic (exact) mass is 420 g/mol. The average molecular weight is 422 g/mol. The van der Waals surface area contributed by atoms with E-state index in [0.29, 0.717) is 22.8 Å². The highest BCUT2D eigenvalue weighted by atomic mass is 79.9. The van der Waals surface area contributed by atoms with E-state index in [1.807, 2.05) is 31.2 Å². The van der Waals surface area contributed by atoms with Crippen LogP contribution in [0.3, 0.4) is 0 Å². The van der Waals surface area contributed by atoms with Crippen molar-refractivity contribution >= 4 is 51.1 Å². The lowest BCUT2D eigenvalue weighted by Crippen LogP contribution is -2.24. The van der Waals surface area contributed by atoms with Crippen LogP contribution in [0.2, 0.25) is 5.02 Å². The molecule has 0 aliphatic rings. The van der Waals surface area contributed by atoms with Gasteiger partial charge >= 0.3 is 0 Å². The van der Waals surface area contributed by atoms with Crippen molar-refractivity contribution in [3.63, 3.8) is 0 Å². The van der Waals surface area contributed by atoms with Crippen molar-refractivity contribution in [2.45, 2.75) is 13.3 Å². The minimum absolute atomic E-state index is 0.224. The van der Waals surface area contributed by atoms with Gasteiger partial charge in [0.2, 0.25) is 5.91 Å². The largest absolute Gasteiger partial charge is 0.352 e. The second-order valence-corrected chi connectivity index (χ2v) is 6.56. The van der Waals surface area contributed by atoms with E-state index in [4.69, 9.17) is 11.6 Å². The van der Waals surface area contributed by atoms with E-state index >= 15 is 0 Å². The average Bonchev–Trinajstić information content (AvgIpc) is 2.59. The quantitative estimate of drug-likeness (QED) is 0.652. The minimum atomic E-state index is -0.282. The van der Waals surface area contributed by atoms with E-state index in [9.17, 15) is 9.59 Å². The van der Waals surface area contributed by atoms with Crippen molar-refractivity contribution in [1.29, 1.82) is 0 Å². The molecule has 0 aliphatic carbocycles. The third-order valence-electron chi connectivity index (χ3n) is 3.34. The van der Waals surface area contributed by atoms with Crippen LogP contribution in [0.5, 0.6) is 0 Å². The van der Waals surface area contributed by atoms with Gasteiger partial charge in [0, 0.05) is 22.8 Å². The first kappa shape index (κ1) is 19.2. The Morgan fingerprint density at radius 3 is 2.64 bits per heavy atom. The van der Waals surface area contributed by atoms with Crippen LogP contribution in [0.1, 0.15) is 29.3 Å². The van der Waals surface area contributed by atoms with Crippen molar-refractivity contribution in [1.82, 2.24) is 5.32 Å². The maximum Gasteiger partial charge on any atom is 0.252 e. The second-order valence-electron chi connectivity index (χ2n) is 5.29. The number of carbonyl (C=O) groups excluding carboxylic acids is 2. The lowest BCUT2D eigenvalue weighted by molar-refractivity contribution is -0.111. The van der Waals surface area contributed by atoms with Crippen LogP contribution in [0.25, 0.3) is 6.08 Å². The zero-order valence-electron chi connectivity index (χ0n) is 13.7. The maximum atomic E-state index is 12.0. The van der Waals surface area contributed by atoms with Gasteiger partial charge in [0.05, 0.1) is 10.6 Å². The molecule has 0 aromatic heterocycles. The summed E-state index contributed by atoms with van der Waals surface area (Å²) in [5.41, 5.74) is 1.81. The number of nitrogens with one attached hydrogen (secondary N) is 2. The molecule has 0 atom stereocenters. The van der Waals surface area contributed by atoms with E-state index in [2.05, 4.69) is 26.6 Å². The van der Waals surface area contributed by atoms with Gasteiger partial charge in [-0.05, 0) is 42.3 Å². The van der Waals surface area contributed by atoms with Crippen molar-refractivity contribution in [3.8, 4) is 0 Å². The number of amides is 2. The van der Waals surface area contributed by atoms with Gasteiger partial charge in [-0.15, -0.1) is 0 Å². The van der Waals surface area contributed by atoms with E-state index in [-0.39, 0.29) is 11.8 Å². The van der Waals surface area contributed by atoms with Gasteiger partial charge in [-0.3, -0.25) is 9.59 Å². The van der Waals surface area contributed by atoms with Gasteiger partial charge < -0.3 is 10.6 Å². The number of hydrogen-bond donors (Lipinski definition) is 2. The molecule has 2 amide bonds. The lowest BCUT2D eigenvalue weighted by atomic mass is 10.2. The van der Waals surface area contributed by atoms with E-state index < -0.39 is 0 Å². The molecular formula is C19H18BrClN2O2. The highest BCUT2D eigenvalue weighted by Crippen LogP contribution is 2.21. The van der Waals surface area contributed by atoms with Gasteiger partial charge in [0.1, 0.15) is 0 Å². The van der Waals surface area contributed by atoms with Gasteiger partial charge in [-0.2, -0.15) is 0 Å². The number of rotatable bonds is 6. The fraction of sp³-hybridized carbons (Fsp3) is 0.158. The molecular weight excluding hydrogens is 404 g/mol. The van der Waals surface area contributed by atoms with E-state index in [1.54, 1.807) is 24.3 Å². The van der Waals surface area contributed by atoms with Crippen molar-refractivity contribution in [3.05, 3.63) is 69.2 Å². The van der Waals surface area contributed by atoms with Crippen LogP contribution >= 0.6 is 27.5 Å². The molecule has 4 nitrogen and oxygen atoms in total. The Morgan fingerprint density at radius 1 is 1.20 bits per heavy atom. The standard InChI is InChI=1S/C19H18BrClN2O2/c1-2-11-22-19(25)15-9-8-14(12-17(15)21)23-18(24)10-7-13-5-3-4-6-16(13)20/h3-10,12H,2,11H2,1H3,(H,22,25)(H,23,24)/b10-7+. The molecule has 0 unspecified atom stereocenters. The highest BCUT2D eigenvalue weighted by molar-refractivity contribution is 9.10.